The molecule has 1 saturated heterocycles. The molecule has 1 unspecified atom stereocenters. The Morgan fingerprint density at radius 2 is 1.82 bits per heavy atom. The van der Waals surface area contributed by atoms with Gasteiger partial charge in [0.15, 0.2) is 0 Å². The van der Waals surface area contributed by atoms with Gasteiger partial charge in [0, 0.05) is 12.5 Å². The van der Waals surface area contributed by atoms with Gasteiger partial charge >= 0.3 is 0 Å². The number of nitrogens with zero attached hydrogens (tertiary/aromatic N) is 1. The highest BCUT2D eigenvalue weighted by Gasteiger charge is 2.52. The van der Waals surface area contributed by atoms with Crippen molar-refractivity contribution in [3.8, 4) is 0 Å². The lowest BCUT2D eigenvalue weighted by molar-refractivity contribution is -0.150. The minimum Gasteiger partial charge on any atom is -0.335 e. The Morgan fingerprint density at radius 3 is 2.45 bits per heavy atom. The Bertz CT molecular complexity index is 538. The van der Waals surface area contributed by atoms with Crippen LogP contribution in [0.4, 0.5) is 0 Å². The topological polar surface area (TPSA) is 20.3 Å². The number of thiophene rings is 1. The summed E-state index contributed by atoms with van der Waals surface area (Å²) in [4.78, 5) is 15.6. The number of amides is 1. The van der Waals surface area contributed by atoms with E-state index in [0.29, 0.717) is 29.7 Å². The molecule has 1 aromatic rings. The van der Waals surface area contributed by atoms with Gasteiger partial charge in [-0.25, -0.2) is 0 Å². The summed E-state index contributed by atoms with van der Waals surface area (Å²) in [5.41, 5.74) is 1.37. The molecule has 0 aromatic carbocycles. The van der Waals surface area contributed by atoms with E-state index in [2.05, 4.69) is 21.7 Å². The normalized spacial score (nSPS) is 43.0. The van der Waals surface area contributed by atoms with Gasteiger partial charge in [-0.2, -0.15) is 11.3 Å². The molecule has 2 heterocycles. The fraction of sp³-hybridized carbons (Fsp3) is 0.737. The largest absolute Gasteiger partial charge is 0.335 e. The molecule has 1 atom stereocenters. The average molecular weight is 315 g/mol. The highest BCUT2D eigenvalue weighted by Crippen LogP contribution is 2.57. The van der Waals surface area contributed by atoms with Crippen molar-refractivity contribution in [1.82, 2.24) is 4.90 Å². The average Bonchev–Trinajstić information content (AvgIpc) is 3.17. The van der Waals surface area contributed by atoms with E-state index < -0.39 is 0 Å². The fourth-order valence-electron chi connectivity index (χ4n) is 6.36. The highest BCUT2D eigenvalue weighted by molar-refractivity contribution is 7.07. The smallest absolute Gasteiger partial charge is 0.226 e. The molecule has 0 radical (unpaired) electrons. The number of hydrogen-bond donors (Lipinski definition) is 0. The number of rotatable bonds is 2. The zero-order valence-electron chi connectivity index (χ0n) is 13.1. The van der Waals surface area contributed by atoms with Crippen molar-refractivity contribution in [2.24, 2.45) is 29.6 Å². The summed E-state index contributed by atoms with van der Waals surface area (Å²) in [6.07, 6.45) is 9.20. The zero-order valence-corrected chi connectivity index (χ0v) is 13.9. The molecule has 6 rings (SSSR count). The molecule has 22 heavy (non-hydrogen) atoms. The first-order valence-corrected chi connectivity index (χ1v) is 10.1. The lowest BCUT2D eigenvalue weighted by atomic mass is 9.51. The van der Waals surface area contributed by atoms with Gasteiger partial charge in [0.25, 0.3) is 0 Å². The van der Waals surface area contributed by atoms with Crippen LogP contribution in [0, 0.1) is 29.6 Å². The van der Waals surface area contributed by atoms with Crippen LogP contribution in [-0.2, 0) is 4.79 Å². The first-order chi connectivity index (χ1) is 10.8. The van der Waals surface area contributed by atoms with E-state index in [1.807, 2.05) is 0 Å². The lowest BCUT2D eigenvalue weighted by Crippen LogP contribution is -2.51. The molecule has 5 fully saturated rings. The summed E-state index contributed by atoms with van der Waals surface area (Å²) in [6, 6.07) is 2.59. The van der Waals surface area contributed by atoms with Gasteiger partial charge in [-0.3, -0.25) is 4.79 Å². The Morgan fingerprint density at radius 1 is 1.09 bits per heavy atom. The van der Waals surface area contributed by atoms with Gasteiger partial charge in [-0.1, -0.05) is 0 Å². The van der Waals surface area contributed by atoms with Crippen molar-refractivity contribution in [2.45, 2.75) is 51.0 Å². The van der Waals surface area contributed by atoms with Gasteiger partial charge in [0.1, 0.15) is 0 Å². The maximum atomic E-state index is 13.4. The van der Waals surface area contributed by atoms with Crippen LogP contribution in [0.3, 0.4) is 0 Å². The van der Waals surface area contributed by atoms with Crippen LogP contribution in [0.25, 0.3) is 0 Å². The third-order valence-electron chi connectivity index (χ3n) is 6.98. The second-order valence-corrected chi connectivity index (χ2v) is 8.98. The van der Waals surface area contributed by atoms with Crippen molar-refractivity contribution < 1.29 is 4.79 Å². The molecule has 4 saturated carbocycles. The van der Waals surface area contributed by atoms with Crippen molar-refractivity contribution in [2.75, 3.05) is 6.54 Å². The maximum absolute atomic E-state index is 13.4. The Kier molecular flexibility index (Phi) is 3.14. The van der Waals surface area contributed by atoms with Crippen LogP contribution < -0.4 is 0 Å². The molecule has 4 bridgehead atoms. The number of carbonyl (C=O) groups excluding carboxylic acids is 1. The first-order valence-electron chi connectivity index (χ1n) is 9.12. The monoisotopic (exact) mass is 315 g/mol. The van der Waals surface area contributed by atoms with Crippen molar-refractivity contribution in [1.29, 1.82) is 0 Å². The van der Waals surface area contributed by atoms with Crippen molar-refractivity contribution in [3.05, 3.63) is 22.4 Å². The third-order valence-corrected chi connectivity index (χ3v) is 7.68. The summed E-state index contributed by atoms with van der Waals surface area (Å²) >= 11 is 1.76. The maximum Gasteiger partial charge on any atom is 0.226 e. The van der Waals surface area contributed by atoms with Crippen LogP contribution in [0.2, 0.25) is 0 Å². The number of carbonyl (C=O) groups is 1. The van der Waals surface area contributed by atoms with Gasteiger partial charge < -0.3 is 4.90 Å². The van der Waals surface area contributed by atoms with E-state index in [1.54, 1.807) is 11.3 Å². The van der Waals surface area contributed by atoms with E-state index in [4.69, 9.17) is 0 Å². The standard InChI is InChI=1S/C19H25NOS/c21-19(20-4-1-2-17(20)14-3-5-22-11-14)18-15-7-12-6-13(9-15)10-16(18)8-12/h3,5,11-13,15-18H,1-2,4,6-10H2. The molecule has 4 aliphatic carbocycles. The Labute approximate surface area is 136 Å². The predicted octanol–water partition coefficient (Wildman–Crippen LogP) is 4.48. The first kappa shape index (κ1) is 13.6. The zero-order chi connectivity index (χ0) is 14.7. The van der Waals surface area contributed by atoms with E-state index in [-0.39, 0.29) is 0 Å². The molecule has 0 N–H and O–H groups in total. The molecule has 1 aliphatic heterocycles. The predicted molar refractivity (Wildman–Crippen MR) is 88.5 cm³/mol. The summed E-state index contributed by atoms with van der Waals surface area (Å²) in [6.45, 7) is 0.988. The second-order valence-electron chi connectivity index (χ2n) is 8.20. The molecule has 1 aromatic heterocycles. The van der Waals surface area contributed by atoms with Crippen LogP contribution in [0.1, 0.15) is 56.6 Å². The van der Waals surface area contributed by atoms with Crippen LogP contribution in [0.5, 0.6) is 0 Å². The molecular weight excluding hydrogens is 290 g/mol. The highest BCUT2D eigenvalue weighted by atomic mass is 32.1. The summed E-state index contributed by atoms with van der Waals surface area (Å²) in [5, 5.41) is 4.40. The van der Waals surface area contributed by atoms with E-state index in [9.17, 15) is 4.79 Å². The van der Waals surface area contributed by atoms with Crippen LogP contribution in [-0.4, -0.2) is 17.4 Å². The molecule has 5 aliphatic rings. The number of likely N-dealkylation sites (tertiary alicyclic amines) is 1. The van der Waals surface area contributed by atoms with Crippen molar-refractivity contribution >= 4 is 17.2 Å². The molecule has 118 valence electrons. The number of hydrogen-bond acceptors (Lipinski definition) is 2. The molecule has 2 nitrogen and oxygen atoms in total. The summed E-state index contributed by atoms with van der Waals surface area (Å²) in [7, 11) is 0. The molecular formula is C19H25NOS. The SMILES string of the molecule is O=C(C1C2CC3CC(C2)CC1C3)N1CCCC1c1ccsc1. The van der Waals surface area contributed by atoms with Crippen molar-refractivity contribution in [3.63, 3.8) is 0 Å². The quantitative estimate of drug-likeness (QED) is 0.788. The van der Waals surface area contributed by atoms with Gasteiger partial charge in [-0.15, -0.1) is 0 Å². The lowest BCUT2D eigenvalue weighted by Gasteiger charge is -2.54. The van der Waals surface area contributed by atoms with E-state index in [1.165, 1.54) is 44.1 Å². The third kappa shape index (κ3) is 2.01. The molecule has 1 amide bonds. The van der Waals surface area contributed by atoms with Crippen LogP contribution >= 0.6 is 11.3 Å². The van der Waals surface area contributed by atoms with E-state index >= 15 is 0 Å². The fourth-order valence-corrected chi connectivity index (χ4v) is 7.07. The minimum atomic E-state index is 0.368. The van der Waals surface area contributed by atoms with Crippen LogP contribution in [0.15, 0.2) is 16.8 Å². The molecule has 0 spiro atoms. The summed E-state index contributed by atoms with van der Waals surface area (Å²) in [5.74, 6) is 4.23. The Hall–Kier alpha value is -0.830. The molecule has 3 heteroatoms. The van der Waals surface area contributed by atoms with Gasteiger partial charge in [-0.05, 0) is 91.0 Å². The van der Waals surface area contributed by atoms with Gasteiger partial charge in [0.05, 0.1) is 6.04 Å². The second kappa shape index (κ2) is 5.09. The van der Waals surface area contributed by atoms with E-state index in [0.717, 1.165) is 24.8 Å². The van der Waals surface area contributed by atoms with Gasteiger partial charge in [0.2, 0.25) is 5.91 Å². The Balaban J connectivity index is 1.40. The summed E-state index contributed by atoms with van der Waals surface area (Å²) < 4.78 is 0. The minimum absolute atomic E-state index is 0.368.